The monoisotopic (exact) mass is 666 g/mol. The topological polar surface area (TPSA) is 131 Å². The largest absolute Gasteiger partial charge is 0.494 e. The summed E-state index contributed by atoms with van der Waals surface area (Å²) in [5, 5.41) is 0. The Labute approximate surface area is 254 Å². The van der Waals surface area contributed by atoms with E-state index in [2.05, 4.69) is 62.6 Å². The van der Waals surface area contributed by atoms with E-state index in [0.717, 1.165) is 12.4 Å². The van der Waals surface area contributed by atoms with Crippen molar-refractivity contribution in [1.29, 1.82) is 0 Å². The van der Waals surface area contributed by atoms with Crippen LogP contribution in [-0.2, 0) is 55.9 Å². The number of unbranched alkanes of at least 4 members (excludes halogenated alkanes) is 12. The number of aryl methyl sites for hydroxylation is 1. The van der Waals surface area contributed by atoms with E-state index >= 15 is 0 Å². The minimum atomic E-state index is -3.81. The molecule has 0 spiro atoms. The summed E-state index contributed by atoms with van der Waals surface area (Å²) < 4.78 is 5.96. The summed E-state index contributed by atoms with van der Waals surface area (Å²) in [5.74, 6) is 1.14. The zero-order chi connectivity index (χ0) is 28.6. The molecule has 0 aliphatic rings. The molecule has 0 saturated heterocycles. The van der Waals surface area contributed by atoms with Crippen LogP contribution in [0.3, 0.4) is 0 Å². The van der Waals surface area contributed by atoms with Crippen molar-refractivity contribution < 1.29 is 53.6 Å². The van der Waals surface area contributed by atoms with Gasteiger partial charge in [-0.2, -0.15) is 0 Å². The first-order valence-corrected chi connectivity index (χ1v) is 19.0. The second-order valence-electron chi connectivity index (χ2n) is 9.10. The zero-order valence-electron chi connectivity index (χ0n) is 23.8. The third kappa shape index (κ3) is 36.7. The summed E-state index contributed by atoms with van der Waals surface area (Å²) in [6, 6.07) is 6.71. The molecule has 0 atom stereocenters. The molecule has 0 aromatic heterocycles. The Morgan fingerprint density at radius 2 is 0.974 bits per heavy atom. The molecule has 1 aromatic carbocycles. The summed E-state index contributed by atoms with van der Waals surface area (Å²) >= 11 is 7.21. The molecule has 1 rings (SSSR count). The van der Waals surface area contributed by atoms with Crippen molar-refractivity contribution in [2.75, 3.05) is 6.61 Å². The molecule has 0 aliphatic carbocycles. The standard InChI is InChI=1S/C26H46O.2H3O3PS.Zn/c1-4-7-9-11-13-15-17-20-24-21-19-23-26(27-6-3)25(24)22-18-16-14-12-10-8-5-2;2*1-4(2,3)5;/h19,21,23H,4-18,20,22H2,1-3H3;2*(H3,1,2,3,5);. The van der Waals surface area contributed by atoms with Gasteiger partial charge in [0.15, 0.2) is 0 Å². The van der Waals surface area contributed by atoms with Gasteiger partial charge in [0, 0.05) is 19.5 Å². The van der Waals surface area contributed by atoms with E-state index < -0.39 is 13.4 Å². The average molecular weight is 668 g/mol. The van der Waals surface area contributed by atoms with Gasteiger partial charge in [-0.15, -0.1) is 0 Å². The normalized spacial score (nSPS) is 11.0. The van der Waals surface area contributed by atoms with Crippen molar-refractivity contribution in [3.63, 3.8) is 0 Å². The fourth-order valence-corrected chi connectivity index (χ4v) is 3.95. The predicted molar refractivity (Wildman–Crippen MR) is 163 cm³/mol. The van der Waals surface area contributed by atoms with E-state index in [1.165, 1.54) is 108 Å². The minimum Gasteiger partial charge on any atom is -0.494 e. The molecule has 1 aromatic rings. The third-order valence-corrected chi connectivity index (χ3v) is 5.61. The Hall–Kier alpha value is 0.703. The molecule has 7 nitrogen and oxygen atoms in total. The number of rotatable bonds is 18. The summed E-state index contributed by atoms with van der Waals surface area (Å²) in [6.45, 7) is -0.166. The number of hydrogen-bond acceptors (Lipinski definition) is 3. The minimum absolute atomic E-state index is 0. The molecule has 12 heteroatoms. The first-order valence-electron chi connectivity index (χ1n) is 13.6. The van der Waals surface area contributed by atoms with Gasteiger partial charge in [-0.3, -0.25) is 0 Å². The van der Waals surface area contributed by atoms with E-state index in [1.54, 1.807) is 5.56 Å². The van der Waals surface area contributed by atoms with E-state index in [9.17, 15) is 0 Å². The maximum absolute atomic E-state index is 7.56. The van der Waals surface area contributed by atoms with E-state index in [4.69, 9.17) is 34.1 Å². The van der Waals surface area contributed by atoms with Gasteiger partial charge in [-0.25, -0.2) is 0 Å². The number of hydrogen-bond donors (Lipinski definition) is 6. The van der Waals surface area contributed by atoms with Gasteiger partial charge in [0.05, 0.1) is 6.61 Å². The van der Waals surface area contributed by atoms with Gasteiger partial charge in [-0.05, 0) is 73.4 Å². The van der Waals surface area contributed by atoms with Crippen LogP contribution in [0.5, 0.6) is 5.75 Å². The van der Waals surface area contributed by atoms with Gasteiger partial charge in [0.2, 0.25) is 0 Å². The van der Waals surface area contributed by atoms with E-state index in [-0.39, 0.29) is 19.5 Å². The summed E-state index contributed by atoms with van der Waals surface area (Å²) in [7, 11) is 0. The van der Waals surface area contributed by atoms with Crippen LogP contribution in [0.4, 0.5) is 0 Å². The fourth-order valence-electron chi connectivity index (χ4n) is 3.95. The van der Waals surface area contributed by atoms with E-state index in [0.29, 0.717) is 0 Å². The fraction of sp³-hybridized carbons (Fsp3) is 0.769. The van der Waals surface area contributed by atoms with Crippen LogP contribution in [0.2, 0.25) is 0 Å². The van der Waals surface area contributed by atoms with Crippen LogP contribution in [-0.4, -0.2) is 36.0 Å². The van der Waals surface area contributed by atoms with Crippen molar-refractivity contribution in [2.24, 2.45) is 0 Å². The smallest absolute Gasteiger partial charge is 0.319 e. The molecular formula is C26H52O7P2S2Zn. The third-order valence-electron chi connectivity index (χ3n) is 5.61. The molecule has 0 aliphatic heterocycles. The van der Waals surface area contributed by atoms with Crippen molar-refractivity contribution in [3.05, 3.63) is 29.3 Å². The molecule has 222 valence electrons. The molecule has 6 N–H and O–H groups in total. The SMILES string of the molecule is CCCCCCCCCc1cccc(OCC)c1CCCCCCCCC.OP(O)(O)=S.OP(O)(O)=S.[Zn]. The second-order valence-corrected chi connectivity index (χ2v) is 14.1. The van der Waals surface area contributed by atoms with Crippen LogP contribution in [0.1, 0.15) is 122 Å². The van der Waals surface area contributed by atoms with Crippen molar-refractivity contribution >= 4 is 37.1 Å². The number of benzene rings is 1. The summed E-state index contributed by atoms with van der Waals surface area (Å²) in [5.41, 5.74) is 3.04. The average Bonchev–Trinajstić information content (AvgIpc) is 2.77. The molecule has 0 bridgehead atoms. The van der Waals surface area contributed by atoms with Gasteiger partial charge in [0.25, 0.3) is 0 Å². The number of ether oxygens (including phenoxy) is 1. The van der Waals surface area contributed by atoms with Gasteiger partial charge < -0.3 is 34.1 Å². The maximum atomic E-state index is 7.56. The Morgan fingerprint density at radius 1 is 0.605 bits per heavy atom. The molecule has 0 heterocycles. The van der Waals surface area contributed by atoms with Gasteiger partial charge in [0.1, 0.15) is 5.75 Å². The Morgan fingerprint density at radius 3 is 1.37 bits per heavy atom. The zero-order valence-corrected chi connectivity index (χ0v) is 30.2. The molecule has 38 heavy (non-hydrogen) atoms. The Kier molecular flexibility index (Phi) is 31.6. The molecule has 0 radical (unpaired) electrons. The van der Waals surface area contributed by atoms with Crippen LogP contribution >= 0.6 is 13.4 Å². The van der Waals surface area contributed by atoms with E-state index in [1.807, 2.05) is 0 Å². The van der Waals surface area contributed by atoms with Crippen molar-refractivity contribution in [1.82, 2.24) is 0 Å². The maximum Gasteiger partial charge on any atom is 0.319 e. The van der Waals surface area contributed by atoms with Crippen LogP contribution in [0.25, 0.3) is 0 Å². The van der Waals surface area contributed by atoms with Crippen molar-refractivity contribution in [2.45, 2.75) is 124 Å². The summed E-state index contributed by atoms with van der Waals surface area (Å²) in [6.07, 6.45) is 21.7. The van der Waals surface area contributed by atoms with Gasteiger partial charge in [-0.1, -0.05) is 103 Å². The molecular weight excluding hydrogens is 616 g/mol. The second kappa shape index (κ2) is 27.9. The Balaban J connectivity index is -0.000000944. The first kappa shape index (κ1) is 43.2. The molecule has 0 unspecified atom stereocenters. The van der Waals surface area contributed by atoms with Crippen LogP contribution in [0.15, 0.2) is 18.2 Å². The predicted octanol–water partition coefficient (Wildman–Crippen LogP) is 7.04. The first-order chi connectivity index (χ1) is 17.3. The van der Waals surface area contributed by atoms with Crippen molar-refractivity contribution in [3.8, 4) is 5.75 Å². The van der Waals surface area contributed by atoms with Gasteiger partial charge >= 0.3 is 13.4 Å². The molecule has 0 amide bonds. The summed E-state index contributed by atoms with van der Waals surface area (Å²) in [4.78, 5) is 45.3. The Bertz CT molecular complexity index is 725. The molecule has 0 fully saturated rings. The van der Waals surface area contributed by atoms with Crippen LogP contribution in [0, 0.1) is 0 Å². The van der Waals surface area contributed by atoms with Crippen LogP contribution < -0.4 is 4.74 Å². The molecule has 0 saturated carbocycles. The quantitative estimate of drug-likeness (QED) is 0.0554.